The molecular formula is C25H29F4N5O. The summed E-state index contributed by atoms with van der Waals surface area (Å²) in [4.78, 5) is 22.3. The molecule has 35 heavy (non-hydrogen) atoms. The van der Waals surface area contributed by atoms with Crippen molar-refractivity contribution in [3.05, 3.63) is 47.5 Å². The molecule has 1 unspecified atom stereocenters. The molecule has 1 saturated heterocycles. The summed E-state index contributed by atoms with van der Waals surface area (Å²) in [5.41, 5.74) is -0.0428. The monoisotopic (exact) mass is 491 g/mol. The Labute approximate surface area is 201 Å². The molecule has 188 valence electrons. The topological polar surface area (TPSA) is 70.2 Å². The van der Waals surface area contributed by atoms with E-state index < -0.39 is 17.6 Å². The highest BCUT2D eigenvalue weighted by atomic mass is 19.4. The minimum Gasteiger partial charge on any atom is -0.367 e. The fraction of sp³-hybridized carbons (Fsp3) is 0.560. The number of piperidine rings is 1. The molecule has 0 spiro atoms. The Hall–Kier alpha value is -2.91. The van der Waals surface area contributed by atoms with Crippen LogP contribution < -0.4 is 10.6 Å². The van der Waals surface area contributed by atoms with E-state index in [-0.39, 0.29) is 35.4 Å². The molecule has 1 atom stereocenters. The minimum atomic E-state index is -4.40. The molecule has 2 aliphatic carbocycles. The van der Waals surface area contributed by atoms with E-state index in [4.69, 9.17) is 0 Å². The Morgan fingerprint density at radius 3 is 2.26 bits per heavy atom. The van der Waals surface area contributed by atoms with Gasteiger partial charge in [-0.2, -0.15) is 17.6 Å². The number of hydrogen-bond acceptors (Lipinski definition) is 5. The molecule has 2 N–H and O–H groups in total. The molecule has 2 heterocycles. The van der Waals surface area contributed by atoms with E-state index in [0.717, 1.165) is 63.7 Å². The standard InChI is InChI=1S/C25H29F4N5O/c26-20-22(30-13-15-9-11-34(12-10-15)24(35)18-3-4-18)31-14-32-23(20)33-21(16-1-2-16)17-5-7-19(8-6-17)25(27,28)29/h5-8,14-16,18,21H,1-4,9-13H2,(H2,30,31,32,33). The highest BCUT2D eigenvalue weighted by Gasteiger charge is 2.36. The van der Waals surface area contributed by atoms with Crippen molar-refractivity contribution in [2.75, 3.05) is 30.3 Å². The van der Waals surface area contributed by atoms with Crippen LogP contribution in [0.15, 0.2) is 30.6 Å². The average molecular weight is 492 g/mol. The van der Waals surface area contributed by atoms with E-state index in [2.05, 4.69) is 20.6 Å². The van der Waals surface area contributed by atoms with Gasteiger partial charge in [-0.1, -0.05) is 12.1 Å². The van der Waals surface area contributed by atoms with E-state index in [9.17, 15) is 18.0 Å². The van der Waals surface area contributed by atoms with Crippen LogP contribution >= 0.6 is 0 Å². The Morgan fingerprint density at radius 1 is 1.00 bits per heavy atom. The van der Waals surface area contributed by atoms with Gasteiger partial charge in [0.25, 0.3) is 0 Å². The third-order valence-corrected chi connectivity index (χ3v) is 7.18. The number of alkyl halides is 3. The smallest absolute Gasteiger partial charge is 0.367 e. The number of carbonyl (C=O) groups excluding carboxylic acids is 1. The molecule has 6 nitrogen and oxygen atoms in total. The number of carbonyl (C=O) groups is 1. The number of benzene rings is 1. The third-order valence-electron chi connectivity index (χ3n) is 7.18. The predicted octanol–water partition coefficient (Wildman–Crippen LogP) is 5.26. The zero-order valence-electron chi connectivity index (χ0n) is 19.3. The first-order valence-corrected chi connectivity index (χ1v) is 12.3. The molecule has 3 fully saturated rings. The summed E-state index contributed by atoms with van der Waals surface area (Å²) in [7, 11) is 0. The lowest BCUT2D eigenvalue weighted by molar-refractivity contribution is -0.137. The van der Waals surface area contributed by atoms with Gasteiger partial charge in [-0.25, -0.2) is 9.97 Å². The Morgan fingerprint density at radius 2 is 1.66 bits per heavy atom. The first-order chi connectivity index (χ1) is 16.8. The van der Waals surface area contributed by atoms with Gasteiger partial charge in [0.05, 0.1) is 11.6 Å². The second-order valence-electron chi connectivity index (χ2n) is 9.89. The summed E-state index contributed by atoms with van der Waals surface area (Å²) in [6, 6.07) is 4.66. The quantitative estimate of drug-likeness (QED) is 0.493. The van der Waals surface area contributed by atoms with Gasteiger partial charge in [-0.3, -0.25) is 4.79 Å². The van der Waals surface area contributed by atoms with Gasteiger partial charge in [0, 0.05) is 25.6 Å². The second kappa shape index (κ2) is 9.62. The molecule has 2 aromatic rings. The Balaban J connectivity index is 1.20. The van der Waals surface area contributed by atoms with E-state index >= 15 is 4.39 Å². The number of hydrogen-bond donors (Lipinski definition) is 2. The van der Waals surface area contributed by atoms with Crippen LogP contribution in [0.4, 0.5) is 29.2 Å². The lowest BCUT2D eigenvalue weighted by atomic mass is 9.96. The van der Waals surface area contributed by atoms with Crippen molar-refractivity contribution >= 4 is 17.5 Å². The number of nitrogens with one attached hydrogen (secondary N) is 2. The van der Waals surface area contributed by atoms with Crippen LogP contribution in [0, 0.1) is 23.6 Å². The molecule has 1 amide bonds. The molecule has 5 rings (SSSR count). The summed E-state index contributed by atoms with van der Waals surface area (Å²) < 4.78 is 54.0. The fourth-order valence-electron chi connectivity index (χ4n) is 4.71. The fourth-order valence-corrected chi connectivity index (χ4v) is 4.71. The van der Waals surface area contributed by atoms with Crippen molar-refractivity contribution < 1.29 is 22.4 Å². The van der Waals surface area contributed by atoms with Gasteiger partial charge in [0.15, 0.2) is 11.6 Å². The zero-order chi connectivity index (χ0) is 24.6. The third kappa shape index (κ3) is 5.67. The predicted molar refractivity (Wildman–Crippen MR) is 123 cm³/mol. The van der Waals surface area contributed by atoms with Crippen molar-refractivity contribution in [1.82, 2.24) is 14.9 Å². The largest absolute Gasteiger partial charge is 0.416 e. The molecule has 0 radical (unpaired) electrons. The average Bonchev–Trinajstić information content (AvgIpc) is 3.76. The lowest BCUT2D eigenvalue weighted by Gasteiger charge is -2.32. The molecule has 3 aliphatic rings. The molecule has 1 aromatic heterocycles. The van der Waals surface area contributed by atoms with Gasteiger partial charge >= 0.3 is 6.18 Å². The van der Waals surface area contributed by atoms with E-state index in [1.165, 1.54) is 18.5 Å². The highest BCUT2D eigenvalue weighted by molar-refractivity contribution is 5.81. The van der Waals surface area contributed by atoms with E-state index in [1.807, 2.05) is 4.90 Å². The van der Waals surface area contributed by atoms with Crippen molar-refractivity contribution in [1.29, 1.82) is 0 Å². The van der Waals surface area contributed by atoms with Gasteiger partial charge in [-0.15, -0.1) is 0 Å². The molecule has 2 saturated carbocycles. The maximum absolute atomic E-state index is 15.2. The highest BCUT2D eigenvalue weighted by Crippen LogP contribution is 2.43. The number of halogens is 4. The van der Waals surface area contributed by atoms with Crippen LogP contribution in [-0.2, 0) is 11.0 Å². The van der Waals surface area contributed by atoms with Gasteiger partial charge < -0.3 is 15.5 Å². The first-order valence-electron chi connectivity index (χ1n) is 12.3. The van der Waals surface area contributed by atoms with Gasteiger partial charge in [0.1, 0.15) is 6.33 Å². The van der Waals surface area contributed by atoms with Crippen molar-refractivity contribution in [3.8, 4) is 0 Å². The normalized spacial score (nSPS) is 19.9. The van der Waals surface area contributed by atoms with Crippen LogP contribution in [0.2, 0.25) is 0 Å². The van der Waals surface area contributed by atoms with Crippen LogP contribution in [0.1, 0.15) is 55.7 Å². The summed E-state index contributed by atoms with van der Waals surface area (Å²) in [6.45, 7) is 2.01. The van der Waals surface area contributed by atoms with Crippen molar-refractivity contribution in [2.45, 2.75) is 50.7 Å². The second-order valence-corrected chi connectivity index (χ2v) is 9.89. The molecule has 1 aliphatic heterocycles. The number of amides is 1. The number of aromatic nitrogens is 2. The van der Waals surface area contributed by atoms with Crippen LogP contribution in [-0.4, -0.2) is 40.4 Å². The number of anilines is 2. The lowest BCUT2D eigenvalue weighted by Crippen LogP contribution is -2.40. The maximum atomic E-state index is 15.2. The van der Waals surface area contributed by atoms with E-state index in [1.54, 1.807) is 0 Å². The molecule has 1 aromatic carbocycles. The van der Waals surface area contributed by atoms with Gasteiger partial charge in [0.2, 0.25) is 11.7 Å². The molecular weight excluding hydrogens is 462 g/mol. The molecule has 10 heteroatoms. The van der Waals surface area contributed by atoms with Crippen LogP contribution in [0.3, 0.4) is 0 Å². The summed E-state index contributed by atoms with van der Waals surface area (Å²) in [5, 5.41) is 6.19. The summed E-state index contributed by atoms with van der Waals surface area (Å²) in [5.74, 6) is 0.549. The van der Waals surface area contributed by atoms with Gasteiger partial charge in [-0.05, 0) is 68.1 Å². The minimum absolute atomic E-state index is 0.0316. The molecule has 0 bridgehead atoms. The van der Waals surface area contributed by atoms with Crippen LogP contribution in [0.5, 0.6) is 0 Å². The summed E-state index contributed by atoms with van der Waals surface area (Å²) in [6.07, 6.45) is 2.44. The maximum Gasteiger partial charge on any atom is 0.416 e. The Kier molecular flexibility index (Phi) is 6.55. The number of nitrogens with zero attached hydrogens (tertiary/aromatic N) is 3. The number of likely N-dealkylation sites (tertiary alicyclic amines) is 1. The van der Waals surface area contributed by atoms with E-state index in [0.29, 0.717) is 18.0 Å². The van der Waals surface area contributed by atoms with Crippen molar-refractivity contribution in [3.63, 3.8) is 0 Å². The SMILES string of the molecule is O=C(C1CC1)N1CCC(CNc2ncnc(NC(c3ccc(C(F)(F)F)cc3)C3CC3)c2F)CC1. The summed E-state index contributed by atoms with van der Waals surface area (Å²) >= 11 is 0. The Bertz CT molecular complexity index is 1040. The first kappa shape index (κ1) is 23.8. The number of rotatable bonds is 8. The van der Waals surface area contributed by atoms with Crippen molar-refractivity contribution in [2.24, 2.45) is 17.8 Å². The zero-order valence-corrected chi connectivity index (χ0v) is 19.3. The van der Waals surface area contributed by atoms with Crippen LogP contribution in [0.25, 0.3) is 0 Å².